The average molecular weight is 787 g/mol. The number of thiazole rings is 2. The van der Waals surface area contributed by atoms with Gasteiger partial charge in [-0.25, -0.2) is 14.8 Å². The van der Waals surface area contributed by atoms with Crippen LogP contribution in [0.4, 0.5) is 15.1 Å². The van der Waals surface area contributed by atoms with Gasteiger partial charge in [0.1, 0.15) is 12.2 Å². The molecule has 1 fully saturated rings. The van der Waals surface area contributed by atoms with E-state index < -0.39 is 30.3 Å². The molecule has 6 aromatic rings. The van der Waals surface area contributed by atoms with E-state index in [1.807, 2.05) is 86.6 Å². The molecule has 11 nitrogen and oxygen atoms in total. The molecule has 56 heavy (non-hydrogen) atoms. The molecule has 4 atom stereocenters. The highest BCUT2D eigenvalue weighted by Crippen LogP contribution is 2.31. The maximum Gasteiger partial charge on any atom is 0.321 e. The lowest BCUT2D eigenvalue weighted by molar-refractivity contribution is -0.0408. The van der Waals surface area contributed by atoms with E-state index in [1.54, 1.807) is 58.6 Å². The fraction of sp³-hybridized carbons (Fsp3) is 0.233. The molecular formula is C43H42N6O5S2. The van der Waals surface area contributed by atoms with Crippen molar-refractivity contribution < 1.29 is 24.6 Å². The first kappa shape index (κ1) is 38.5. The molecule has 4 N–H and O–H groups in total. The number of carbonyl (C=O) groups excluding carboxylic acids is 3. The lowest BCUT2D eigenvalue weighted by Gasteiger charge is -2.36. The van der Waals surface area contributed by atoms with Crippen molar-refractivity contribution in [3.05, 3.63) is 165 Å². The third-order valence-electron chi connectivity index (χ3n) is 9.77. The molecule has 2 aromatic heterocycles. The van der Waals surface area contributed by atoms with Crippen LogP contribution in [0.3, 0.4) is 0 Å². The molecular weight excluding hydrogens is 745 g/mol. The van der Waals surface area contributed by atoms with Crippen LogP contribution in [0, 0.1) is 13.8 Å². The Balaban J connectivity index is 1.25. The van der Waals surface area contributed by atoms with Gasteiger partial charge in [0, 0.05) is 46.4 Å². The predicted octanol–water partition coefficient (Wildman–Crippen LogP) is 7.10. The van der Waals surface area contributed by atoms with Gasteiger partial charge in [-0.2, -0.15) is 0 Å². The molecule has 13 heteroatoms. The molecule has 4 aromatic carbocycles. The summed E-state index contributed by atoms with van der Waals surface area (Å²) in [7, 11) is 0. The van der Waals surface area contributed by atoms with Gasteiger partial charge in [0.15, 0.2) is 10.3 Å². The second-order valence-electron chi connectivity index (χ2n) is 13.9. The smallest absolute Gasteiger partial charge is 0.321 e. The van der Waals surface area contributed by atoms with Crippen LogP contribution in [0.25, 0.3) is 0 Å². The number of amides is 4. The number of anilines is 2. The second kappa shape index (κ2) is 17.4. The van der Waals surface area contributed by atoms with Gasteiger partial charge >= 0.3 is 6.03 Å². The Morgan fingerprint density at radius 1 is 0.607 bits per heavy atom. The van der Waals surface area contributed by atoms with Crippen molar-refractivity contribution >= 4 is 50.8 Å². The van der Waals surface area contributed by atoms with Crippen molar-refractivity contribution in [1.82, 2.24) is 19.8 Å². The predicted molar refractivity (Wildman–Crippen MR) is 219 cm³/mol. The van der Waals surface area contributed by atoms with E-state index in [-0.39, 0.29) is 37.7 Å². The number of rotatable bonds is 12. The molecule has 4 amide bonds. The van der Waals surface area contributed by atoms with Crippen molar-refractivity contribution in [2.24, 2.45) is 0 Å². The van der Waals surface area contributed by atoms with E-state index in [0.717, 1.165) is 20.9 Å². The van der Waals surface area contributed by atoms with Crippen LogP contribution >= 0.6 is 22.7 Å². The van der Waals surface area contributed by atoms with Crippen LogP contribution in [0.5, 0.6) is 0 Å². The lowest BCUT2D eigenvalue weighted by Crippen LogP contribution is -2.50. The van der Waals surface area contributed by atoms with Crippen molar-refractivity contribution in [2.75, 3.05) is 10.6 Å². The highest BCUT2D eigenvalue weighted by molar-refractivity contribution is 7.16. The second-order valence-corrected chi connectivity index (χ2v) is 16.4. The fourth-order valence-corrected chi connectivity index (χ4v) is 8.31. The van der Waals surface area contributed by atoms with Crippen LogP contribution in [0.2, 0.25) is 0 Å². The number of carbonyl (C=O) groups is 3. The molecule has 0 spiro atoms. The number of nitrogens with one attached hydrogen (secondary N) is 2. The minimum Gasteiger partial charge on any atom is -0.388 e. The highest BCUT2D eigenvalue weighted by Gasteiger charge is 2.46. The third kappa shape index (κ3) is 9.20. The minimum absolute atomic E-state index is 0.0435. The van der Waals surface area contributed by atoms with Crippen molar-refractivity contribution in [1.29, 1.82) is 0 Å². The Morgan fingerprint density at radius 2 is 1.00 bits per heavy atom. The minimum atomic E-state index is -1.34. The van der Waals surface area contributed by atoms with Gasteiger partial charge in [-0.05, 0) is 73.2 Å². The quantitative estimate of drug-likeness (QED) is 0.103. The largest absolute Gasteiger partial charge is 0.388 e. The average Bonchev–Trinajstić information content (AvgIpc) is 3.82. The third-order valence-corrected chi connectivity index (χ3v) is 11.4. The number of aryl methyl sites for hydroxylation is 2. The lowest BCUT2D eigenvalue weighted by atomic mass is 9.90. The first-order valence-corrected chi connectivity index (χ1v) is 19.9. The zero-order chi connectivity index (χ0) is 39.2. The molecule has 0 radical (unpaired) electrons. The standard InChI is InChI=1S/C43H42N6O5S2/c1-27-23-44-41(55-27)46-39(52)33-17-9-15-31(19-33)25-48-35(21-29-11-5-3-6-12-29)37(50)38(51)36(22-30-13-7-4-8-14-30)49(43(48)54)26-32-16-10-18-34(20-32)40(53)47-42-45-24-28(2)56-42/h3-20,23-24,35-38,50-51H,21-22,25-26H2,1-2H3,(H,44,46,52)(H,45,47,53)/t35-,36-,37+,38+/m1/s1. The first-order valence-electron chi connectivity index (χ1n) is 18.3. The van der Waals surface area contributed by atoms with Gasteiger partial charge in [0.25, 0.3) is 11.8 Å². The fourth-order valence-electron chi connectivity index (χ4n) is 6.99. The van der Waals surface area contributed by atoms with E-state index in [0.29, 0.717) is 32.5 Å². The zero-order valence-corrected chi connectivity index (χ0v) is 32.5. The topological polar surface area (TPSA) is 148 Å². The number of aliphatic hydroxyl groups excluding tert-OH is 2. The number of aromatic nitrogens is 2. The van der Waals surface area contributed by atoms with Gasteiger partial charge < -0.3 is 20.0 Å². The summed E-state index contributed by atoms with van der Waals surface area (Å²) in [6.45, 7) is 3.91. The van der Waals surface area contributed by atoms with Crippen LogP contribution in [-0.2, 0) is 25.9 Å². The maximum atomic E-state index is 15.2. The molecule has 0 bridgehead atoms. The van der Waals surface area contributed by atoms with E-state index in [2.05, 4.69) is 20.6 Å². The summed E-state index contributed by atoms with van der Waals surface area (Å²) in [6, 6.07) is 31.1. The number of urea groups is 1. The zero-order valence-electron chi connectivity index (χ0n) is 30.9. The highest BCUT2D eigenvalue weighted by atomic mass is 32.1. The summed E-state index contributed by atoms with van der Waals surface area (Å²) in [5.41, 5.74) is 3.88. The summed E-state index contributed by atoms with van der Waals surface area (Å²) in [5, 5.41) is 31.0. The van der Waals surface area contributed by atoms with Crippen LogP contribution < -0.4 is 10.6 Å². The molecule has 1 saturated heterocycles. The van der Waals surface area contributed by atoms with E-state index in [4.69, 9.17) is 0 Å². The Morgan fingerprint density at radius 3 is 1.38 bits per heavy atom. The number of aliphatic hydroxyl groups is 2. The molecule has 286 valence electrons. The SMILES string of the molecule is Cc1cnc(NC(=O)c2cccc(CN3C(=O)N(Cc4cccc(C(=O)Nc5ncc(C)s5)c4)[C@H](Cc4ccccc4)[C@H](O)[C@@H](O)[C@H]3Cc3ccccc3)c2)s1. The molecule has 1 aliphatic heterocycles. The van der Waals surface area contributed by atoms with Crippen LogP contribution in [-0.4, -0.2) is 72.1 Å². The Bertz CT molecular complexity index is 2140. The number of hydrogen-bond donors (Lipinski definition) is 4. The monoisotopic (exact) mass is 786 g/mol. The van der Waals surface area contributed by atoms with E-state index >= 15 is 4.79 Å². The number of hydrogen-bond acceptors (Lipinski definition) is 9. The van der Waals surface area contributed by atoms with Gasteiger partial charge in [-0.15, -0.1) is 22.7 Å². The van der Waals surface area contributed by atoms with Gasteiger partial charge in [-0.1, -0.05) is 84.9 Å². The van der Waals surface area contributed by atoms with Crippen molar-refractivity contribution in [2.45, 2.75) is 64.1 Å². The summed E-state index contributed by atoms with van der Waals surface area (Å²) in [5.74, 6) is -0.670. The summed E-state index contributed by atoms with van der Waals surface area (Å²) < 4.78 is 0. The van der Waals surface area contributed by atoms with Gasteiger partial charge in [0.05, 0.1) is 12.1 Å². The molecule has 3 heterocycles. The molecule has 0 unspecified atom stereocenters. The van der Waals surface area contributed by atoms with E-state index in [9.17, 15) is 19.8 Å². The molecule has 7 rings (SSSR count). The van der Waals surface area contributed by atoms with Crippen molar-refractivity contribution in [3.8, 4) is 0 Å². The summed E-state index contributed by atoms with van der Waals surface area (Å²) in [6.07, 6.45) is 1.25. The van der Waals surface area contributed by atoms with Gasteiger partial charge in [0.2, 0.25) is 0 Å². The Kier molecular flexibility index (Phi) is 12.0. The van der Waals surface area contributed by atoms with Crippen LogP contribution in [0.1, 0.15) is 52.7 Å². The first-order chi connectivity index (χ1) is 27.1. The summed E-state index contributed by atoms with van der Waals surface area (Å²) in [4.78, 5) is 55.5. The normalized spacial score (nSPS) is 18.4. The Hall–Kier alpha value is -5.73. The molecule has 0 saturated carbocycles. The number of nitrogens with zero attached hydrogens (tertiary/aromatic N) is 4. The summed E-state index contributed by atoms with van der Waals surface area (Å²) >= 11 is 2.75. The maximum absolute atomic E-state index is 15.2. The van der Waals surface area contributed by atoms with E-state index in [1.165, 1.54) is 22.7 Å². The molecule has 0 aliphatic carbocycles. The number of benzene rings is 4. The molecule has 1 aliphatic rings. The van der Waals surface area contributed by atoms with Gasteiger partial charge in [-0.3, -0.25) is 20.2 Å². The van der Waals surface area contributed by atoms with Crippen molar-refractivity contribution in [3.63, 3.8) is 0 Å². The van der Waals surface area contributed by atoms with Crippen LogP contribution in [0.15, 0.2) is 122 Å². The Labute approximate surface area is 333 Å².